The standard InChI is InChI=1S/C18H36O6Si/c1-10(2)25(11(3)4,12(5)6)9-14-22-8-13-17(24-14)15(19)16(20)18(21-7)23-13/h10-20H,8-9H2,1-7H3/t13-,14-,15-,16+,17-,18+/m1/s1. The molecule has 0 saturated carbocycles. The predicted octanol–water partition coefficient (Wildman–Crippen LogP) is 2.50. The molecule has 0 aromatic carbocycles. The van der Waals surface area contributed by atoms with Gasteiger partial charge in [0.1, 0.15) is 24.4 Å². The van der Waals surface area contributed by atoms with E-state index < -0.39 is 38.8 Å². The highest BCUT2D eigenvalue weighted by Gasteiger charge is 2.51. The van der Waals surface area contributed by atoms with Gasteiger partial charge >= 0.3 is 0 Å². The molecular weight excluding hydrogens is 340 g/mol. The van der Waals surface area contributed by atoms with Crippen LogP contribution in [0.1, 0.15) is 41.5 Å². The van der Waals surface area contributed by atoms with Gasteiger partial charge in [-0.2, -0.15) is 0 Å². The molecule has 148 valence electrons. The molecule has 2 aliphatic heterocycles. The molecule has 0 amide bonds. The Kier molecular flexibility index (Phi) is 7.09. The first-order valence-corrected chi connectivity index (χ1v) is 11.9. The summed E-state index contributed by atoms with van der Waals surface area (Å²) in [4.78, 5) is 0. The molecule has 0 aliphatic carbocycles. The number of fused-ring (bicyclic) bond motifs is 1. The Morgan fingerprint density at radius 2 is 1.52 bits per heavy atom. The summed E-state index contributed by atoms with van der Waals surface area (Å²) in [6, 6.07) is 0.889. The molecule has 6 nitrogen and oxygen atoms in total. The van der Waals surface area contributed by atoms with E-state index in [0.717, 1.165) is 6.04 Å². The van der Waals surface area contributed by atoms with E-state index in [9.17, 15) is 10.2 Å². The van der Waals surface area contributed by atoms with Gasteiger partial charge in [-0.05, 0) is 6.04 Å². The van der Waals surface area contributed by atoms with Crippen LogP contribution < -0.4 is 0 Å². The second kappa shape index (κ2) is 8.33. The number of ether oxygens (including phenoxy) is 4. The zero-order valence-corrected chi connectivity index (χ0v) is 17.6. The van der Waals surface area contributed by atoms with Gasteiger partial charge in [0.15, 0.2) is 12.6 Å². The SMILES string of the molecule is CO[C@H]1O[C@@H]2CO[C@@H](C[Si](C(C)C)(C(C)C)C(C)C)O[C@H]2[C@H](O)[C@@H]1O. The second-order valence-corrected chi connectivity index (χ2v) is 14.5. The van der Waals surface area contributed by atoms with Crippen molar-refractivity contribution in [2.45, 2.75) is 101 Å². The van der Waals surface area contributed by atoms with Crippen molar-refractivity contribution in [2.75, 3.05) is 13.7 Å². The fourth-order valence-corrected chi connectivity index (χ4v) is 11.1. The van der Waals surface area contributed by atoms with Crippen LogP contribution in [0.5, 0.6) is 0 Å². The molecule has 0 spiro atoms. The molecule has 6 atom stereocenters. The third-order valence-electron chi connectivity index (χ3n) is 6.37. The molecular formula is C18H36O6Si. The molecule has 0 bridgehead atoms. The van der Waals surface area contributed by atoms with E-state index in [1.807, 2.05) is 0 Å². The smallest absolute Gasteiger partial charge is 0.186 e. The van der Waals surface area contributed by atoms with Crippen LogP contribution in [0.15, 0.2) is 0 Å². The highest BCUT2D eigenvalue weighted by molar-refractivity contribution is 6.83. The highest BCUT2D eigenvalue weighted by Crippen LogP contribution is 2.46. The average Bonchev–Trinajstić information content (AvgIpc) is 2.55. The van der Waals surface area contributed by atoms with Crippen molar-refractivity contribution in [3.8, 4) is 0 Å². The molecule has 2 fully saturated rings. The lowest BCUT2D eigenvalue weighted by Gasteiger charge is -2.49. The Morgan fingerprint density at radius 3 is 2.00 bits per heavy atom. The quantitative estimate of drug-likeness (QED) is 0.694. The number of methoxy groups -OCH3 is 1. The van der Waals surface area contributed by atoms with Gasteiger partial charge < -0.3 is 29.2 Å². The van der Waals surface area contributed by atoms with Gasteiger partial charge in [-0.3, -0.25) is 0 Å². The first kappa shape index (κ1) is 21.3. The monoisotopic (exact) mass is 376 g/mol. The molecule has 2 saturated heterocycles. The summed E-state index contributed by atoms with van der Waals surface area (Å²) >= 11 is 0. The Labute approximate surface area is 152 Å². The van der Waals surface area contributed by atoms with E-state index in [-0.39, 0.29) is 6.29 Å². The van der Waals surface area contributed by atoms with Crippen LogP contribution in [0.4, 0.5) is 0 Å². The number of hydrogen-bond donors (Lipinski definition) is 2. The van der Waals surface area contributed by atoms with Crippen LogP contribution in [0.25, 0.3) is 0 Å². The largest absolute Gasteiger partial charge is 0.387 e. The lowest BCUT2D eigenvalue weighted by molar-refractivity contribution is -0.352. The van der Waals surface area contributed by atoms with E-state index in [2.05, 4.69) is 41.5 Å². The molecule has 25 heavy (non-hydrogen) atoms. The molecule has 2 heterocycles. The second-order valence-electron chi connectivity index (χ2n) is 8.40. The summed E-state index contributed by atoms with van der Waals surface area (Å²) in [6.07, 6.45) is -4.37. The van der Waals surface area contributed by atoms with E-state index in [1.165, 1.54) is 7.11 Å². The van der Waals surface area contributed by atoms with E-state index in [1.54, 1.807) is 0 Å². The summed E-state index contributed by atoms with van der Waals surface area (Å²) in [6.45, 7) is 14.2. The van der Waals surface area contributed by atoms with E-state index in [0.29, 0.717) is 23.2 Å². The van der Waals surface area contributed by atoms with Crippen LogP contribution in [0.3, 0.4) is 0 Å². The molecule has 2 rings (SSSR count). The third-order valence-corrected chi connectivity index (χ3v) is 13.9. The highest BCUT2D eigenvalue weighted by atomic mass is 28.3. The summed E-state index contributed by atoms with van der Waals surface area (Å²) in [7, 11) is -0.244. The van der Waals surface area contributed by atoms with Crippen LogP contribution in [0.2, 0.25) is 22.7 Å². The fraction of sp³-hybridized carbons (Fsp3) is 1.00. The minimum atomic E-state index is -1.69. The van der Waals surface area contributed by atoms with E-state index >= 15 is 0 Å². The molecule has 0 aromatic heterocycles. The topological polar surface area (TPSA) is 77.4 Å². The normalized spacial score (nSPS) is 37.0. The van der Waals surface area contributed by atoms with Gasteiger partial charge in [-0.1, -0.05) is 58.2 Å². The minimum Gasteiger partial charge on any atom is -0.387 e. The van der Waals surface area contributed by atoms with Gasteiger partial charge in [0.05, 0.1) is 14.7 Å². The van der Waals surface area contributed by atoms with E-state index in [4.69, 9.17) is 18.9 Å². The van der Waals surface area contributed by atoms with Crippen molar-refractivity contribution < 1.29 is 29.2 Å². The van der Waals surface area contributed by atoms with Crippen molar-refractivity contribution in [3.05, 3.63) is 0 Å². The lowest BCUT2D eigenvalue weighted by Crippen LogP contribution is -2.63. The van der Waals surface area contributed by atoms with Gasteiger partial charge in [-0.15, -0.1) is 0 Å². The van der Waals surface area contributed by atoms with Crippen molar-refractivity contribution in [1.82, 2.24) is 0 Å². The van der Waals surface area contributed by atoms with Gasteiger partial charge in [0.25, 0.3) is 0 Å². The predicted molar refractivity (Wildman–Crippen MR) is 98.2 cm³/mol. The van der Waals surface area contributed by atoms with Crippen LogP contribution in [-0.2, 0) is 18.9 Å². The van der Waals surface area contributed by atoms with Gasteiger partial charge in [0.2, 0.25) is 0 Å². The van der Waals surface area contributed by atoms with Crippen molar-refractivity contribution >= 4 is 8.07 Å². The molecule has 2 N–H and O–H groups in total. The molecule has 2 aliphatic rings. The first-order valence-electron chi connectivity index (χ1n) is 9.46. The van der Waals surface area contributed by atoms with Crippen molar-refractivity contribution in [2.24, 2.45) is 0 Å². The average molecular weight is 377 g/mol. The number of aliphatic hydroxyl groups excluding tert-OH is 2. The summed E-state index contributed by atoms with van der Waals surface area (Å²) < 4.78 is 22.8. The fourth-order valence-electron chi connectivity index (χ4n) is 4.92. The Balaban J connectivity index is 2.13. The van der Waals surface area contributed by atoms with Crippen molar-refractivity contribution in [3.63, 3.8) is 0 Å². The maximum Gasteiger partial charge on any atom is 0.186 e. The minimum absolute atomic E-state index is 0.345. The zero-order valence-electron chi connectivity index (χ0n) is 16.6. The maximum absolute atomic E-state index is 10.4. The molecule has 0 radical (unpaired) electrons. The summed E-state index contributed by atoms with van der Waals surface area (Å²) in [5, 5.41) is 20.6. The summed E-state index contributed by atoms with van der Waals surface area (Å²) in [5.74, 6) is 0. The van der Waals surface area contributed by atoms with Gasteiger partial charge in [0, 0.05) is 7.11 Å². The Hall–Kier alpha value is -0.0231. The number of rotatable bonds is 6. The Bertz CT molecular complexity index is 406. The number of aliphatic hydroxyl groups is 2. The zero-order chi connectivity index (χ0) is 18.9. The van der Waals surface area contributed by atoms with Crippen LogP contribution in [0, 0.1) is 0 Å². The van der Waals surface area contributed by atoms with Crippen molar-refractivity contribution in [1.29, 1.82) is 0 Å². The lowest BCUT2D eigenvalue weighted by atomic mass is 9.98. The molecule has 0 aromatic rings. The number of hydrogen-bond acceptors (Lipinski definition) is 6. The maximum atomic E-state index is 10.4. The summed E-state index contributed by atoms with van der Waals surface area (Å²) in [5.41, 5.74) is 1.82. The van der Waals surface area contributed by atoms with Crippen LogP contribution in [-0.4, -0.2) is 69.0 Å². The first-order chi connectivity index (χ1) is 11.6. The van der Waals surface area contributed by atoms with Gasteiger partial charge in [-0.25, -0.2) is 0 Å². The van der Waals surface area contributed by atoms with Crippen LogP contribution >= 0.6 is 0 Å². The third kappa shape index (κ3) is 3.97. The molecule has 7 heteroatoms. The Morgan fingerprint density at radius 1 is 0.960 bits per heavy atom. The molecule has 0 unspecified atom stereocenters.